The number of hydrogen-bond acceptors (Lipinski definition) is 5. The Kier molecular flexibility index (Phi) is 8.96. The Morgan fingerprint density at radius 2 is 1.77 bits per heavy atom. The molecule has 0 heterocycles. The molecule has 0 aromatic heterocycles. The molecule has 0 unspecified atom stereocenters. The van der Waals surface area contributed by atoms with Crippen molar-refractivity contribution in [1.82, 2.24) is 5.32 Å². The normalized spacial score (nSPS) is 9.42. The minimum Gasteiger partial charge on any atom is -0.466 e. The molecule has 138 valence electrons. The Hall–Kier alpha value is -3.34. The zero-order valence-corrected chi connectivity index (χ0v) is 14.6. The van der Waals surface area contributed by atoms with E-state index in [9.17, 15) is 14.4 Å². The smallest absolute Gasteiger partial charge is 0.306 e. The van der Waals surface area contributed by atoms with Crippen LogP contribution in [0.1, 0.15) is 38.2 Å². The zero-order valence-electron chi connectivity index (χ0n) is 14.6. The number of nitrogen functional groups attached to an aromatic ring is 1. The van der Waals surface area contributed by atoms with Crippen molar-refractivity contribution in [3.05, 3.63) is 29.8 Å². The predicted octanol–water partition coefficient (Wildman–Crippen LogP) is 1.11. The molecule has 0 aliphatic carbocycles. The van der Waals surface area contributed by atoms with Crippen LogP contribution in [0.5, 0.6) is 0 Å². The monoisotopic (exact) mass is 358 g/mol. The molecule has 1 aromatic carbocycles. The van der Waals surface area contributed by atoms with E-state index in [0.717, 1.165) is 0 Å². The first-order chi connectivity index (χ1) is 12.4. The van der Waals surface area contributed by atoms with Crippen molar-refractivity contribution in [2.75, 3.05) is 11.9 Å². The second-order valence-corrected chi connectivity index (χ2v) is 5.19. The van der Waals surface area contributed by atoms with Gasteiger partial charge < -0.3 is 15.8 Å². The number of nitrogens with one attached hydrogen (secondary N) is 3. The number of anilines is 1. The van der Waals surface area contributed by atoms with E-state index in [-0.39, 0.29) is 49.3 Å². The van der Waals surface area contributed by atoms with Gasteiger partial charge in [-0.15, -0.1) is 0 Å². The number of amides is 2. The second kappa shape index (κ2) is 11.3. The molecular weight excluding hydrogens is 336 g/mol. The van der Waals surface area contributed by atoms with Crippen molar-refractivity contribution >= 4 is 29.3 Å². The highest BCUT2D eigenvalue weighted by Crippen LogP contribution is 2.09. The second-order valence-electron chi connectivity index (χ2n) is 5.19. The lowest BCUT2D eigenvalue weighted by molar-refractivity contribution is -0.143. The summed E-state index contributed by atoms with van der Waals surface area (Å²) < 4.78 is 4.75. The molecule has 0 bridgehead atoms. The standard InChI is InChI=1S/C18H22N4O4/c1-2-26-17(25)5-3-4-12-21-15(23)10-11-16(24)22-14-8-6-13(7-9-14)18(19)20/h6-9H,2-3,5,10-11H2,1H3,(H3,19,20)(H,21,23)(H,22,24). The van der Waals surface area contributed by atoms with Gasteiger partial charge in [-0.05, 0) is 31.2 Å². The van der Waals surface area contributed by atoms with Gasteiger partial charge >= 0.3 is 5.97 Å². The van der Waals surface area contributed by atoms with Gasteiger partial charge in [-0.1, -0.05) is 5.92 Å². The van der Waals surface area contributed by atoms with E-state index in [0.29, 0.717) is 17.9 Å². The van der Waals surface area contributed by atoms with Gasteiger partial charge in [0, 0.05) is 36.6 Å². The molecule has 0 aliphatic rings. The van der Waals surface area contributed by atoms with E-state index in [1.54, 1.807) is 31.2 Å². The van der Waals surface area contributed by atoms with Crippen LogP contribution in [-0.4, -0.2) is 30.2 Å². The number of esters is 1. The molecule has 0 radical (unpaired) electrons. The Labute approximate surface area is 152 Å². The van der Waals surface area contributed by atoms with Crippen LogP contribution in [0.15, 0.2) is 24.3 Å². The number of carbonyl (C=O) groups excluding carboxylic acids is 3. The van der Waals surface area contributed by atoms with Crippen LogP contribution in [0, 0.1) is 17.4 Å². The summed E-state index contributed by atoms with van der Waals surface area (Å²) in [5, 5.41) is 12.3. The Morgan fingerprint density at radius 1 is 1.12 bits per heavy atom. The van der Waals surface area contributed by atoms with E-state index < -0.39 is 0 Å². The van der Waals surface area contributed by atoms with Gasteiger partial charge in [-0.3, -0.25) is 25.1 Å². The highest BCUT2D eigenvalue weighted by atomic mass is 16.5. The first-order valence-electron chi connectivity index (χ1n) is 8.09. The predicted molar refractivity (Wildman–Crippen MR) is 97.1 cm³/mol. The van der Waals surface area contributed by atoms with Crippen LogP contribution in [0.3, 0.4) is 0 Å². The molecule has 2 amide bonds. The number of amidine groups is 1. The molecule has 1 rings (SSSR count). The minimum absolute atomic E-state index is 0.00476. The molecule has 0 saturated carbocycles. The SMILES string of the molecule is CCOC(=O)CCC#CNC(=O)CCC(=O)Nc1ccc(C(=N)N)cc1. The number of benzene rings is 1. The van der Waals surface area contributed by atoms with Gasteiger partial charge in [-0.2, -0.15) is 0 Å². The maximum absolute atomic E-state index is 11.8. The molecular formula is C18H22N4O4. The number of rotatable bonds is 8. The van der Waals surface area contributed by atoms with Crippen molar-refractivity contribution in [2.45, 2.75) is 32.6 Å². The summed E-state index contributed by atoms with van der Waals surface area (Å²) in [6.45, 7) is 2.05. The molecule has 8 heteroatoms. The third kappa shape index (κ3) is 8.49. The van der Waals surface area contributed by atoms with Crippen LogP contribution in [0.25, 0.3) is 0 Å². The number of hydrogen-bond donors (Lipinski definition) is 4. The Bertz CT molecular complexity index is 717. The molecule has 8 nitrogen and oxygen atoms in total. The van der Waals surface area contributed by atoms with Crippen molar-refractivity contribution in [3.63, 3.8) is 0 Å². The summed E-state index contributed by atoms with van der Waals surface area (Å²) >= 11 is 0. The zero-order chi connectivity index (χ0) is 19.4. The summed E-state index contributed by atoms with van der Waals surface area (Å²) in [5.41, 5.74) is 6.46. The molecule has 0 aliphatic heterocycles. The summed E-state index contributed by atoms with van der Waals surface area (Å²) in [5.74, 6) is 1.56. The van der Waals surface area contributed by atoms with E-state index in [4.69, 9.17) is 15.9 Å². The molecule has 0 fully saturated rings. The lowest BCUT2D eigenvalue weighted by Gasteiger charge is -2.05. The molecule has 1 aromatic rings. The first kappa shape index (κ1) is 20.7. The van der Waals surface area contributed by atoms with Crippen LogP contribution < -0.4 is 16.4 Å². The fourth-order valence-corrected chi connectivity index (χ4v) is 1.82. The Morgan fingerprint density at radius 3 is 2.38 bits per heavy atom. The average molecular weight is 358 g/mol. The minimum atomic E-state index is -0.379. The molecule has 0 atom stereocenters. The Balaban J connectivity index is 2.26. The quantitative estimate of drug-likeness (QED) is 0.182. The lowest BCUT2D eigenvalue weighted by Crippen LogP contribution is -2.20. The summed E-state index contributed by atoms with van der Waals surface area (Å²) in [4.78, 5) is 34.5. The van der Waals surface area contributed by atoms with E-state index in [2.05, 4.69) is 22.6 Å². The van der Waals surface area contributed by atoms with E-state index in [1.807, 2.05) is 0 Å². The maximum atomic E-state index is 11.8. The summed E-state index contributed by atoms with van der Waals surface area (Å²) in [7, 11) is 0. The molecule has 0 spiro atoms. The largest absolute Gasteiger partial charge is 0.466 e. The number of carbonyl (C=O) groups is 3. The van der Waals surface area contributed by atoms with E-state index in [1.165, 1.54) is 0 Å². The van der Waals surface area contributed by atoms with Crippen LogP contribution >= 0.6 is 0 Å². The first-order valence-corrected chi connectivity index (χ1v) is 8.09. The highest BCUT2D eigenvalue weighted by molar-refractivity contribution is 5.96. The molecule has 5 N–H and O–H groups in total. The van der Waals surface area contributed by atoms with Crippen LogP contribution in [-0.2, 0) is 19.1 Å². The topological polar surface area (TPSA) is 134 Å². The summed E-state index contributed by atoms with van der Waals surface area (Å²) in [6, 6.07) is 8.95. The molecule has 26 heavy (non-hydrogen) atoms. The number of nitrogens with two attached hydrogens (primary N) is 1. The lowest BCUT2D eigenvalue weighted by atomic mass is 10.2. The fourth-order valence-electron chi connectivity index (χ4n) is 1.82. The van der Waals surface area contributed by atoms with Crippen molar-refractivity contribution in [2.24, 2.45) is 5.73 Å². The fraction of sp³-hybridized carbons (Fsp3) is 0.333. The third-order valence-corrected chi connectivity index (χ3v) is 3.11. The van der Waals surface area contributed by atoms with E-state index >= 15 is 0 Å². The van der Waals surface area contributed by atoms with Crippen molar-refractivity contribution in [1.29, 1.82) is 5.41 Å². The number of ether oxygens (including phenoxy) is 1. The van der Waals surface area contributed by atoms with Gasteiger partial charge in [0.1, 0.15) is 5.84 Å². The highest BCUT2D eigenvalue weighted by Gasteiger charge is 2.07. The third-order valence-electron chi connectivity index (χ3n) is 3.11. The average Bonchev–Trinajstić information content (AvgIpc) is 2.60. The van der Waals surface area contributed by atoms with Gasteiger partial charge in [-0.25, -0.2) is 0 Å². The maximum Gasteiger partial charge on any atom is 0.306 e. The van der Waals surface area contributed by atoms with Gasteiger partial charge in [0.25, 0.3) is 0 Å². The van der Waals surface area contributed by atoms with Gasteiger partial charge in [0.2, 0.25) is 11.8 Å². The van der Waals surface area contributed by atoms with Crippen molar-refractivity contribution in [3.8, 4) is 12.0 Å². The van der Waals surface area contributed by atoms with Crippen LogP contribution in [0.4, 0.5) is 5.69 Å². The van der Waals surface area contributed by atoms with Crippen molar-refractivity contribution < 1.29 is 19.1 Å². The van der Waals surface area contributed by atoms with Gasteiger partial charge in [0.15, 0.2) is 0 Å². The van der Waals surface area contributed by atoms with Gasteiger partial charge in [0.05, 0.1) is 13.0 Å². The van der Waals surface area contributed by atoms with Crippen LogP contribution in [0.2, 0.25) is 0 Å². The summed E-state index contributed by atoms with van der Waals surface area (Å²) in [6.07, 6.45) is 0.451. The molecule has 0 saturated heterocycles.